The molecule has 2 aromatic carbocycles. The fourth-order valence-corrected chi connectivity index (χ4v) is 8.82. The Morgan fingerprint density at radius 2 is 1.09 bits per heavy atom. The Labute approximate surface area is 461 Å². The van der Waals surface area contributed by atoms with E-state index in [0.29, 0.717) is 32.9 Å². The zero-order chi connectivity index (χ0) is 59.7. The number of carboxylic acids is 2. The van der Waals surface area contributed by atoms with E-state index in [0.717, 1.165) is 11.8 Å². The van der Waals surface area contributed by atoms with E-state index < -0.39 is 171 Å². The maximum atomic E-state index is 14.3. The Balaban J connectivity index is 1.37. The normalized spacial score (nSPS) is 16.9. The van der Waals surface area contributed by atoms with Gasteiger partial charge < -0.3 is 98.9 Å². The van der Waals surface area contributed by atoms with Crippen LogP contribution in [0.5, 0.6) is 0 Å². The van der Waals surface area contributed by atoms with Crippen molar-refractivity contribution in [3.63, 3.8) is 0 Å². The van der Waals surface area contributed by atoms with Crippen LogP contribution in [0.25, 0.3) is 21.8 Å². The molecule has 0 bridgehead atoms. The number of H-pyrrole nitrogens is 2. The van der Waals surface area contributed by atoms with Gasteiger partial charge in [-0.3, -0.25) is 47.9 Å². The standard InChI is InChI=1S/C51H68N12O18/c1-24(67)41(52)48(77)55-20-39(69)62-42(25(2)68)49(78)58-34(17-27-19-54-31-11-6-4-9-29(27)31)44(73)59-35(21-64)46(75)56-32(13-14-40(70)71)43(72)57-33(16-26-18-53-30-10-5-3-8-28(26)30)45(74)60-36(22-65)50(79)63-15-7-12-38(63)47(76)61-37(23-66)51(80)81/h3-6,8-11,18-19,24-25,32-38,41-42,53-54,64-68H,7,12-17,20-23,52H2,1-2H3,(H,55,77)(H,56,75)(H,57,72)(H,58,78)(H,59,73)(H,60,74)(H,61,76)(H,62,69)(H,70,71)(H,80,81)/t24-,25-,32+,33+,34+,35+,36+,37+,38+,41+,42+/m1/s1. The Morgan fingerprint density at radius 3 is 1.59 bits per heavy atom. The minimum atomic E-state index is -1.93. The number of fused-ring (bicyclic) bond motifs is 2. The molecule has 2 aromatic heterocycles. The molecule has 1 fully saturated rings. The van der Waals surface area contributed by atoms with Gasteiger partial charge in [-0.25, -0.2) is 4.79 Å². The number of rotatable bonds is 30. The molecule has 81 heavy (non-hydrogen) atoms. The van der Waals surface area contributed by atoms with Gasteiger partial charge in [-0.05, 0) is 56.4 Å². The molecule has 0 saturated carbocycles. The molecule has 30 nitrogen and oxygen atoms in total. The van der Waals surface area contributed by atoms with Crippen LogP contribution in [0.3, 0.4) is 0 Å². The first-order chi connectivity index (χ1) is 38.5. The highest BCUT2D eigenvalue weighted by molar-refractivity contribution is 5.99. The second-order valence-corrected chi connectivity index (χ2v) is 19.3. The summed E-state index contributed by atoms with van der Waals surface area (Å²) in [5, 5.41) is 89.3. The van der Waals surface area contributed by atoms with Gasteiger partial charge in [0, 0.05) is 60.0 Å². The molecule has 30 heteroatoms. The van der Waals surface area contributed by atoms with E-state index in [2.05, 4.69) is 52.5 Å². The molecule has 0 radical (unpaired) electrons. The molecule has 1 saturated heterocycles. The van der Waals surface area contributed by atoms with Crippen molar-refractivity contribution in [1.82, 2.24) is 57.4 Å². The number of aromatic amines is 2. The van der Waals surface area contributed by atoms with E-state index >= 15 is 0 Å². The summed E-state index contributed by atoms with van der Waals surface area (Å²) in [5.74, 6) is -12.5. The lowest BCUT2D eigenvalue weighted by atomic mass is 10.0. The van der Waals surface area contributed by atoms with Crippen LogP contribution in [0.15, 0.2) is 60.9 Å². The van der Waals surface area contributed by atoms with E-state index in [9.17, 15) is 88.5 Å². The molecule has 440 valence electrons. The minimum absolute atomic E-state index is 0.0504. The van der Waals surface area contributed by atoms with Crippen LogP contribution in [0, 0.1) is 0 Å². The number of carbonyl (C=O) groups is 11. The summed E-state index contributed by atoms with van der Waals surface area (Å²) in [4.78, 5) is 153. The second-order valence-electron chi connectivity index (χ2n) is 19.3. The topological polar surface area (TPSA) is 486 Å². The lowest BCUT2D eigenvalue weighted by molar-refractivity contribution is -0.146. The fourth-order valence-electron chi connectivity index (χ4n) is 8.82. The lowest BCUT2D eigenvalue weighted by Crippen LogP contribution is -2.62. The Bertz CT molecular complexity index is 2930. The summed E-state index contributed by atoms with van der Waals surface area (Å²) in [6, 6.07) is -1.22. The molecule has 3 heterocycles. The molecule has 0 aliphatic carbocycles. The molecular weight excluding hydrogens is 1070 g/mol. The number of carbonyl (C=O) groups excluding carboxylic acids is 9. The SMILES string of the molecule is C[C@@H](O)[C@H](N)C(=O)NCC(=O)N[C@H](C(=O)N[C@@H](Cc1c[nH]c2ccccc12)C(=O)N[C@@H](CO)C(=O)N[C@@H](CCC(=O)O)C(=O)N[C@@H](Cc1c[nH]c2ccccc12)C(=O)N[C@@H](CO)C(=O)N1CCC[C@H]1C(=O)N[C@@H](CO)C(=O)O)[C@@H](C)O. The summed E-state index contributed by atoms with van der Waals surface area (Å²) >= 11 is 0. The number of nitrogens with two attached hydrogens (primary N) is 1. The minimum Gasteiger partial charge on any atom is -0.481 e. The van der Waals surface area contributed by atoms with Crippen molar-refractivity contribution in [3.05, 3.63) is 72.1 Å². The molecular formula is C51H68N12O18. The van der Waals surface area contributed by atoms with Gasteiger partial charge in [-0.1, -0.05) is 36.4 Å². The Hall–Kier alpha value is -8.55. The first-order valence-corrected chi connectivity index (χ1v) is 25.7. The van der Waals surface area contributed by atoms with Crippen molar-refractivity contribution in [2.24, 2.45) is 5.73 Å². The van der Waals surface area contributed by atoms with E-state index in [-0.39, 0.29) is 32.2 Å². The molecule has 1 aliphatic heterocycles. The number of amides is 9. The van der Waals surface area contributed by atoms with Gasteiger partial charge in [0.25, 0.3) is 0 Å². The molecule has 5 rings (SSSR count). The van der Waals surface area contributed by atoms with Crippen molar-refractivity contribution in [1.29, 1.82) is 0 Å². The van der Waals surface area contributed by atoms with Crippen LogP contribution in [-0.2, 0) is 65.6 Å². The van der Waals surface area contributed by atoms with Crippen LogP contribution >= 0.6 is 0 Å². The largest absolute Gasteiger partial charge is 0.481 e. The van der Waals surface area contributed by atoms with Gasteiger partial charge >= 0.3 is 11.9 Å². The molecule has 19 N–H and O–H groups in total. The fraction of sp³-hybridized carbons (Fsp3) is 0.471. The van der Waals surface area contributed by atoms with Crippen LogP contribution in [-0.4, -0.2) is 215 Å². The third kappa shape index (κ3) is 17.2. The maximum Gasteiger partial charge on any atom is 0.328 e. The monoisotopic (exact) mass is 1140 g/mol. The van der Waals surface area contributed by atoms with E-state index in [1.807, 2.05) is 0 Å². The number of para-hydroxylation sites is 2. The highest BCUT2D eigenvalue weighted by atomic mass is 16.4. The number of carboxylic acid groups (broad SMARTS) is 2. The predicted molar refractivity (Wildman–Crippen MR) is 282 cm³/mol. The van der Waals surface area contributed by atoms with Crippen LogP contribution in [0.2, 0.25) is 0 Å². The smallest absolute Gasteiger partial charge is 0.328 e. The lowest BCUT2D eigenvalue weighted by Gasteiger charge is -2.30. The van der Waals surface area contributed by atoms with Crippen molar-refractivity contribution in [2.45, 2.75) is 119 Å². The number of nitrogens with one attached hydrogen (secondary N) is 10. The van der Waals surface area contributed by atoms with Crippen LogP contribution < -0.4 is 48.3 Å². The summed E-state index contributed by atoms with van der Waals surface area (Å²) in [6.45, 7) is -1.54. The van der Waals surface area contributed by atoms with Crippen LogP contribution in [0.1, 0.15) is 50.7 Å². The van der Waals surface area contributed by atoms with Crippen LogP contribution in [0.4, 0.5) is 0 Å². The number of aliphatic hydroxyl groups is 5. The molecule has 4 aromatic rings. The maximum absolute atomic E-state index is 14.3. The second kappa shape index (κ2) is 29.6. The van der Waals surface area contributed by atoms with Crippen molar-refractivity contribution >= 4 is 86.9 Å². The van der Waals surface area contributed by atoms with E-state index in [4.69, 9.17) is 5.73 Å². The first-order valence-electron chi connectivity index (χ1n) is 25.7. The Kier molecular flexibility index (Phi) is 23.1. The predicted octanol–water partition coefficient (Wildman–Crippen LogP) is -6.05. The molecule has 0 spiro atoms. The molecule has 11 atom stereocenters. The molecule has 1 aliphatic rings. The van der Waals surface area contributed by atoms with Gasteiger partial charge in [0.1, 0.15) is 54.4 Å². The number of hydrogen-bond acceptors (Lipinski definition) is 17. The average Bonchev–Trinajstić information content (AvgIpc) is 4.30. The van der Waals surface area contributed by atoms with Gasteiger partial charge in [0.05, 0.1) is 38.6 Å². The molecule has 0 unspecified atom stereocenters. The summed E-state index contributed by atoms with van der Waals surface area (Å²) < 4.78 is 0. The summed E-state index contributed by atoms with van der Waals surface area (Å²) in [5.41, 5.74) is 7.74. The summed E-state index contributed by atoms with van der Waals surface area (Å²) in [7, 11) is 0. The van der Waals surface area contributed by atoms with Crippen molar-refractivity contribution < 1.29 is 88.5 Å². The molecule has 9 amide bonds. The number of aliphatic hydroxyl groups excluding tert-OH is 5. The average molecular weight is 1140 g/mol. The number of benzene rings is 2. The summed E-state index contributed by atoms with van der Waals surface area (Å²) in [6.07, 6.45) is -1.53. The highest BCUT2D eigenvalue weighted by Crippen LogP contribution is 2.22. The Morgan fingerprint density at radius 1 is 0.605 bits per heavy atom. The zero-order valence-electron chi connectivity index (χ0n) is 44.0. The third-order valence-corrected chi connectivity index (χ3v) is 13.3. The van der Waals surface area contributed by atoms with Crippen molar-refractivity contribution in [3.8, 4) is 0 Å². The number of aliphatic carboxylic acids is 2. The highest BCUT2D eigenvalue weighted by Gasteiger charge is 2.40. The van der Waals surface area contributed by atoms with E-state index in [1.54, 1.807) is 48.5 Å². The van der Waals surface area contributed by atoms with Gasteiger partial charge in [0.15, 0.2) is 0 Å². The number of likely N-dealkylation sites (tertiary alicyclic amines) is 1. The van der Waals surface area contributed by atoms with Gasteiger partial charge in [0.2, 0.25) is 53.2 Å². The van der Waals surface area contributed by atoms with E-state index in [1.165, 1.54) is 19.3 Å². The number of hydrogen-bond donors (Lipinski definition) is 18. The zero-order valence-corrected chi connectivity index (χ0v) is 44.0. The number of aromatic nitrogens is 2. The quantitative estimate of drug-likeness (QED) is 0.0231. The number of nitrogens with zero attached hydrogens (tertiary/aromatic N) is 1. The van der Waals surface area contributed by atoms with Crippen molar-refractivity contribution in [2.75, 3.05) is 32.9 Å². The first kappa shape index (κ1) is 63.3. The van der Waals surface area contributed by atoms with Gasteiger partial charge in [-0.2, -0.15) is 0 Å². The van der Waals surface area contributed by atoms with Gasteiger partial charge in [-0.15, -0.1) is 0 Å². The third-order valence-electron chi connectivity index (χ3n) is 13.3.